The molecule has 1 unspecified atom stereocenters. The summed E-state index contributed by atoms with van der Waals surface area (Å²) in [5, 5.41) is 3.04. The van der Waals surface area contributed by atoms with Crippen LogP contribution in [0.15, 0.2) is 12.2 Å². The lowest BCUT2D eigenvalue weighted by atomic mass is 9.94. The summed E-state index contributed by atoms with van der Waals surface area (Å²) in [4.78, 5) is 16.8. The Morgan fingerprint density at radius 1 is 1.36 bits per heavy atom. The lowest BCUT2D eigenvalue weighted by molar-refractivity contribution is 0.0343. The van der Waals surface area contributed by atoms with E-state index in [9.17, 15) is 4.79 Å². The highest BCUT2D eigenvalue weighted by Crippen LogP contribution is 2.19. The van der Waals surface area contributed by atoms with E-state index in [0.717, 1.165) is 71.7 Å². The Morgan fingerprint density at radius 3 is 2.86 bits per heavy atom. The van der Waals surface area contributed by atoms with Gasteiger partial charge in [-0.05, 0) is 31.6 Å². The zero-order valence-corrected chi connectivity index (χ0v) is 13.9. The highest BCUT2D eigenvalue weighted by atomic mass is 16.5. The van der Waals surface area contributed by atoms with Gasteiger partial charge in [-0.2, -0.15) is 0 Å². The van der Waals surface area contributed by atoms with E-state index in [0.29, 0.717) is 5.92 Å². The van der Waals surface area contributed by atoms with Crippen LogP contribution in [0.1, 0.15) is 32.6 Å². The Bertz CT molecular complexity index is 354. The molecule has 1 aliphatic heterocycles. The summed E-state index contributed by atoms with van der Waals surface area (Å²) < 4.78 is 5.39. The van der Waals surface area contributed by atoms with Crippen LogP contribution < -0.4 is 5.32 Å². The van der Waals surface area contributed by atoms with E-state index in [4.69, 9.17) is 4.74 Å². The SMILES string of the molecule is CCCNC(=O)N(CCN1CCOCC1)CC1CC=CCC1. The van der Waals surface area contributed by atoms with Gasteiger partial charge < -0.3 is 15.0 Å². The van der Waals surface area contributed by atoms with Crippen LogP contribution in [-0.4, -0.2) is 68.3 Å². The predicted octanol–water partition coefficient (Wildman–Crippen LogP) is 2.10. The molecule has 0 aromatic carbocycles. The third kappa shape index (κ3) is 5.97. The highest BCUT2D eigenvalue weighted by molar-refractivity contribution is 5.74. The molecule has 0 radical (unpaired) electrons. The topological polar surface area (TPSA) is 44.8 Å². The van der Waals surface area contributed by atoms with Crippen molar-refractivity contribution >= 4 is 6.03 Å². The fourth-order valence-corrected chi connectivity index (χ4v) is 3.04. The smallest absolute Gasteiger partial charge is 0.317 e. The summed E-state index contributed by atoms with van der Waals surface area (Å²) in [6, 6.07) is 0.102. The number of allylic oxidation sites excluding steroid dienone is 2. The molecule has 1 N–H and O–H groups in total. The van der Waals surface area contributed by atoms with Crippen molar-refractivity contribution < 1.29 is 9.53 Å². The highest BCUT2D eigenvalue weighted by Gasteiger charge is 2.20. The lowest BCUT2D eigenvalue weighted by Crippen LogP contribution is -2.47. The molecule has 2 rings (SSSR count). The van der Waals surface area contributed by atoms with Crippen LogP contribution in [0.4, 0.5) is 4.79 Å². The average molecular weight is 309 g/mol. The summed E-state index contributed by atoms with van der Waals surface area (Å²) >= 11 is 0. The summed E-state index contributed by atoms with van der Waals surface area (Å²) in [5.74, 6) is 0.613. The minimum absolute atomic E-state index is 0.102. The standard InChI is InChI=1S/C17H31N3O2/c1-2-8-18-17(21)20(15-16-6-4-3-5-7-16)10-9-19-11-13-22-14-12-19/h3-4,16H,2,5-15H2,1H3,(H,18,21). The van der Waals surface area contributed by atoms with E-state index in [1.54, 1.807) is 0 Å². The monoisotopic (exact) mass is 309 g/mol. The van der Waals surface area contributed by atoms with Gasteiger partial charge in [0.25, 0.3) is 0 Å². The molecule has 1 atom stereocenters. The Hall–Kier alpha value is -1.07. The summed E-state index contributed by atoms with van der Waals surface area (Å²) in [7, 11) is 0. The molecule has 126 valence electrons. The molecule has 2 aliphatic rings. The number of amides is 2. The molecule has 1 saturated heterocycles. The largest absolute Gasteiger partial charge is 0.379 e. The van der Waals surface area contributed by atoms with E-state index in [2.05, 4.69) is 29.3 Å². The quantitative estimate of drug-likeness (QED) is 0.733. The van der Waals surface area contributed by atoms with E-state index >= 15 is 0 Å². The zero-order valence-electron chi connectivity index (χ0n) is 13.9. The van der Waals surface area contributed by atoms with Crippen molar-refractivity contribution in [3.05, 3.63) is 12.2 Å². The molecule has 5 heteroatoms. The second kappa shape index (κ2) is 9.85. The second-order valence-corrected chi connectivity index (χ2v) is 6.28. The molecule has 0 aromatic heterocycles. The van der Waals surface area contributed by atoms with Crippen LogP contribution in [0.25, 0.3) is 0 Å². The van der Waals surface area contributed by atoms with Gasteiger partial charge in [-0.15, -0.1) is 0 Å². The molecule has 1 fully saturated rings. The number of hydrogen-bond acceptors (Lipinski definition) is 3. The van der Waals surface area contributed by atoms with Gasteiger partial charge in [0.05, 0.1) is 13.2 Å². The first-order chi connectivity index (χ1) is 10.8. The van der Waals surface area contributed by atoms with Gasteiger partial charge in [0.15, 0.2) is 0 Å². The number of carbonyl (C=O) groups is 1. The van der Waals surface area contributed by atoms with Crippen LogP contribution in [0.3, 0.4) is 0 Å². The molecule has 0 saturated carbocycles. The molecular weight excluding hydrogens is 278 g/mol. The van der Waals surface area contributed by atoms with E-state index in [1.807, 2.05) is 4.90 Å². The minimum Gasteiger partial charge on any atom is -0.379 e. The van der Waals surface area contributed by atoms with Crippen LogP contribution in [-0.2, 0) is 4.74 Å². The predicted molar refractivity (Wildman–Crippen MR) is 89.0 cm³/mol. The minimum atomic E-state index is 0.102. The number of rotatable bonds is 7. The Labute approximate surface area is 134 Å². The van der Waals surface area contributed by atoms with E-state index in [1.165, 1.54) is 6.42 Å². The molecule has 1 heterocycles. The first-order valence-corrected chi connectivity index (χ1v) is 8.77. The molecule has 0 spiro atoms. The van der Waals surface area contributed by atoms with E-state index in [-0.39, 0.29) is 6.03 Å². The van der Waals surface area contributed by atoms with Gasteiger partial charge >= 0.3 is 6.03 Å². The number of ether oxygens (including phenoxy) is 1. The van der Waals surface area contributed by atoms with Crippen molar-refractivity contribution in [2.75, 3.05) is 52.5 Å². The Morgan fingerprint density at radius 2 is 2.18 bits per heavy atom. The summed E-state index contributed by atoms with van der Waals surface area (Å²) in [6.45, 7) is 9.09. The summed E-state index contributed by atoms with van der Waals surface area (Å²) in [6.07, 6.45) is 8.96. The molecule has 2 amide bonds. The van der Waals surface area contributed by atoms with Gasteiger partial charge in [-0.1, -0.05) is 19.1 Å². The fraction of sp³-hybridized carbons (Fsp3) is 0.824. The number of urea groups is 1. The van der Waals surface area contributed by atoms with Gasteiger partial charge in [-0.3, -0.25) is 4.90 Å². The fourth-order valence-electron chi connectivity index (χ4n) is 3.04. The van der Waals surface area contributed by atoms with Crippen LogP contribution in [0.2, 0.25) is 0 Å². The van der Waals surface area contributed by atoms with Crippen molar-refractivity contribution in [2.45, 2.75) is 32.6 Å². The van der Waals surface area contributed by atoms with Crippen molar-refractivity contribution in [1.29, 1.82) is 0 Å². The molecule has 1 aliphatic carbocycles. The number of nitrogens with zero attached hydrogens (tertiary/aromatic N) is 2. The number of morpholine rings is 1. The zero-order chi connectivity index (χ0) is 15.6. The maximum Gasteiger partial charge on any atom is 0.317 e. The van der Waals surface area contributed by atoms with Crippen molar-refractivity contribution in [2.24, 2.45) is 5.92 Å². The third-order valence-electron chi connectivity index (χ3n) is 4.46. The van der Waals surface area contributed by atoms with Crippen LogP contribution in [0, 0.1) is 5.92 Å². The molecule has 5 nitrogen and oxygen atoms in total. The van der Waals surface area contributed by atoms with Crippen molar-refractivity contribution in [3.63, 3.8) is 0 Å². The first-order valence-electron chi connectivity index (χ1n) is 8.77. The van der Waals surface area contributed by atoms with Gasteiger partial charge in [0.2, 0.25) is 0 Å². The number of carbonyl (C=O) groups excluding carboxylic acids is 1. The normalized spacial score (nSPS) is 22.5. The van der Waals surface area contributed by atoms with Gasteiger partial charge in [0.1, 0.15) is 0 Å². The molecule has 0 aromatic rings. The van der Waals surface area contributed by atoms with Crippen molar-refractivity contribution in [1.82, 2.24) is 15.1 Å². The molecule has 22 heavy (non-hydrogen) atoms. The van der Waals surface area contributed by atoms with Crippen LogP contribution in [0.5, 0.6) is 0 Å². The number of nitrogens with one attached hydrogen (secondary N) is 1. The maximum absolute atomic E-state index is 12.4. The first kappa shape index (κ1) is 17.3. The number of hydrogen-bond donors (Lipinski definition) is 1. The second-order valence-electron chi connectivity index (χ2n) is 6.28. The average Bonchev–Trinajstić information content (AvgIpc) is 2.58. The molecule has 0 bridgehead atoms. The third-order valence-corrected chi connectivity index (χ3v) is 4.46. The Kier molecular flexibility index (Phi) is 7.74. The van der Waals surface area contributed by atoms with Gasteiger partial charge in [-0.25, -0.2) is 4.79 Å². The van der Waals surface area contributed by atoms with Gasteiger partial charge in [0, 0.05) is 39.3 Å². The maximum atomic E-state index is 12.4. The lowest BCUT2D eigenvalue weighted by Gasteiger charge is -2.32. The Balaban J connectivity index is 1.82. The molecular formula is C17H31N3O2. The van der Waals surface area contributed by atoms with Crippen molar-refractivity contribution in [3.8, 4) is 0 Å². The van der Waals surface area contributed by atoms with Crippen LogP contribution >= 0.6 is 0 Å². The van der Waals surface area contributed by atoms with E-state index < -0.39 is 0 Å². The summed E-state index contributed by atoms with van der Waals surface area (Å²) in [5.41, 5.74) is 0.